The average Bonchev–Trinajstić information content (AvgIpc) is 2.50. The number of carbonyl (C=O) groups is 1. The Labute approximate surface area is 133 Å². The molecular weight excluding hydrogens is 309 g/mol. The Hall–Kier alpha value is -1.52. The molecule has 0 fully saturated rings. The number of hydrogen-bond donors (Lipinski definition) is 2. The summed E-state index contributed by atoms with van der Waals surface area (Å²) >= 11 is 11.4. The molecule has 1 amide bonds. The maximum absolute atomic E-state index is 11.0. The third-order valence-electron chi connectivity index (χ3n) is 3.07. The molecule has 0 aliphatic rings. The fraction of sp³-hybridized carbons (Fsp3) is 0.333. The summed E-state index contributed by atoms with van der Waals surface area (Å²) in [6.45, 7) is 1.48. The fourth-order valence-electron chi connectivity index (χ4n) is 2.02. The Kier molecular flexibility index (Phi) is 6.08. The molecule has 2 N–H and O–H groups in total. The Bertz CT molecular complexity index is 619. The number of aromatic nitrogens is 1. The van der Waals surface area contributed by atoms with Crippen LogP contribution in [0.1, 0.15) is 12.8 Å². The largest absolute Gasteiger partial charge is 0.384 e. The molecule has 0 aliphatic heterocycles. The molecule has 0 unspecified atom stereocenters. The minimum absolute atomic E-state index is 0.0177. The Balaban J connectivity index is 1.82. The SMILES string of the molecule is O=C(CCl)NCCCCNc1ccnc2cc(Cl)ccc12. The van der Waals surface area contributed by atoms with E-state index in [0.717, 1.165) is 36.0 Å². The monoisotopic (exact) mass is 325 g/mol. The number of carbonyl (C=O) groups excluding carboxylic acids is 1. The van der Waals surface area contributed by atoms with Gasteiger partial charge in [0.15, 0.2) is 0 Å². The number of rotatable bonds is 7. The van der Waals surface area contributed by atoms with Gasteiger partial charge in [0.2, 0.25) is 5.91 Å². The number of benzene rings is 1. The van der Waals surface area contributed by atoms with E-state index in [1.807, 2.05) is 24.3 Å². The van der Waals surface area contributed by atoms with E-state index < -0.39 is 0 Å². The Morgan fingerprint density at radius 1 is 1.19 bits per heavy atom. The lowest BCUT2D eigenvalue weighted by Gasteiger charge is -2.09. The molecule has 0 atom stereocenters. The lowest BCUT2D eigenvalue weighted by molar-refractivity contribution is -0.118. The Morgan fingerprint density at radius 3 is 2.81 bits per heavy atom. The number of nitrogens with zero attached hydrogens (tertiary/aromatic N) is 1. The van der Waals surface area contributed by atoms with Gasteiger partial charge in [0.05, 0.1) is 5.52 Å². The van der Waals surface area contributed by atoms with Crippen LogP contribution in [-0.4, -0.2) is 29.9 Å². The van der Waals surface area contributed by atoms with Crippen molar-refractivity contribution >= 4 is 45.7 Å². The predicted octanol–water partition coefficient (Wildman–Crippen LogP) is 3.44. The second-order valence-electron chi connectivity index (χ2n) is 4.64. The molecule has 112 valence electrons. The molecule has 4 nitrogen and oxygen atoms in total. The zero-order valence-corrected chi connectivity index (χ0v) is 13.0. The first-order chi connectivity index (χ1) is 10.2. The summed E-state index contributed by atoms with van der Waals surface area (Å²) in [4.78, 5) is 15.3. The third-order valence-corrected chi connectivity index (χ3v) is 3.55. The lowest BCUT2D eigenvalue weighted by Crippen LogP contribution is -2.25. The number of alkyl halides is 1. The molecule has 0 saturated heterocycles. The highest BCUT2D eigenvalue weighted by atomic mass is 35.5. The number of pyridine rings is 1. The maximum Gasteiger partial charge on any atom is 0.234 e. The van der Waals surface area contributed by atoms with Crippen molar-refractivity contribution in [2.24, 2.45) is 0 Å². The zero-order chi connectivity index (χ0) is 15.1. The van der Waals surface area contributed by atoms with Crippen LogP contribution in [0.4, 0.5) is 5.69 Å². The summed E-state index contributed by atoms with van der Waals surface area (Å²) in [5, 5.41) is 7.87. The van der Waals surface area contributed by atoms with Crippen molar-refractivity contribution in [1.29, 1.82) is 0 Å². The molecule has 1 aromatic carbocycles. The minimum Gasteiger partial charge on any atom is -0.384 e. The van der Waals surface area contributed by atoms with E-state index in [4.69, 9.17) is 23.2 Å². The second-order valence-corrected chi connectivity index (χ2v) is 5.34. The number of halogens is 2. The first kappa shape index (κ1) is 15.9. The molecule has 0 spiro atoms. The summed E-state index contributed by atoms with van der Waals surface area (Å²) in [5.41, 5.74) is 1.92. The van der Waals surface area contributed by atoms with Crippen LogP contribution < -0.4 is 10.6 Å². The van der Waals surface area contributed by atoms with Gasteiger partial charge < -0.3 is 10.6 Å². The quantitative estimate of drug-likeness (QED) is 0.605. The van der Waals surface area contributed by atoms with E-state index in [0.29, 0.717) is 11.6 Å². The minimum atomic E-state index is -0.123. The van der Waals surface area contributed by atoms with E-state index in [2.05, 4.69) is 15.6 Å². The lowest BCUT2D eigenvalue weighted by atomic mass is 10.2. The van der Waals surface area contributed by atoms with Gasteiger partial charge in [-0.05, 0) is 37.1 Å². The van der Waals surface area contributed by atoms with E-state index in [-0.39, 0.29) is 11.8 Å². The molecular formula is C15H17Cl2N3O. The van der Waals surface area contributed by atoms with E-state index in [1.165, 1.54) is 0 Å². The topological polar surface area (TPSA) is 54.0 Å². The number of anilines is 1. The first-order valence-corrected chi connectivity index (χ1v) is 7.73. The molecule has 1 heterocycles. The van der Waals surface area contributed by atoms with Crippen molar-refractivity contribution in [3.63, 3.8) is 0 Å². The first-order valence-electron chi connectivity index (χ1n) is 6.81. The third kappa shape index (κ3) is 4.76. The van der Waals surface area contributed by atoms with Crippen LogP contribution in [0.25, 0.3) is 10.9 Å². The van der Waals surface area contributed by atoms with Gasteiger partial charge in [-0.2, -0.15) is 0 Å². The number of nitrogens with one attached hydrogen (secondary N) is 2. The van der Waals surface area contributed by atoms with Gasteiger partial charge >= 0.3 is 0 Å². The zero-order valence-electron chi connectivity index (χ0n) is 11.5. The summed E-state index contributed by atoms with van der Waals surface area (Å²) in [5.74, 6) is -0.106. The van der Waals surface area contributed by atoms with Gasteiger partial charge in [-0.3, -0.25) is 9.78 Å². The molecule has 2 rings (SSSR count). The number of unbranched alkanes of at least 4 members (excludes halogenated alkanes) is 1. The highest BCUT2D eigenvalue weighted by Gasteiger charge is 2.02. The van der Waals surface area contributed by atoms with E-state index >= 15 is 0 Å². The van der Waals surface area contributed by atoms with Crippen LogP contribution in [0.15, 0.2) is 30.5 Å². The smallest absolute Gasteiger partial charge is 0.234 e. The van der Waals surface area contributed by atoms with Crippen LogP contribution in [0.3, 0.4) is 0 Å². The standard InChI is InChI=1S/C15H17Cl2N3O/c16-10-15(21)20-7-2-1-6-18-13-5-8-19-14-9-11(17)3-4-12(13)14/h3-5,8-9H,1-2,6-7,10H2,(H,18,19)(H,20,21). The van der Waals surface area contributed by atoms with Crippen LogP contribution in [-0.2, 0) is 4.79 Å². The molecule has 1 aromatic heterocycles. The van der Waals surface area contributed by atoms with Gasteiger partial charge in [-0.1, -0.05) is 11.6 Å². The fourth-order valence-corrected chi connectivity index (χ4v) is 2.28. The van der Waals surface area contributed by atoms with E-state index in [1.54, 1.807) is 6.20 Å². The molecule has 21 heavy (non-hydrogen) atoms. The molecule has 0 bridgehead atoms. The number of amides is 1. The van der Waals surface area contributed by atoms with Crippen LogP contribution in [0.5, 0.6) is 0 Å². The van der Waals surface area contributed by atoms with Gasteiger partial charge in [0, 0.05) is 35.4 Å². The summed E-state index contributed by atoms with van der Waals surface area (Å²) in [6.07, 6.45) is 3.63. The predicted molar refractivity (Wildman–Crippen MR) is 88.2 cm³/mol. The molecule has 6 heteroatoms. The van der Waals surface area contributed by atoms with Crippen LogP contribution in [0.2, 0.25) is 5.02 Å². The van der Waals surface area contributed by atoms with Crippen molar-refractivity contribution in [1.82, 2.24) is 10.3 Å². The van der Waals surface area contributed by atoms with Crippen molar-refractivity contribution in [3.05, 3.63) is 35.5 Å². The normalized spacial score (nSPS) is 10.6. The highest BCUT2D eigenvalue weighted by Crippen LogP contribution is 2.24. The molecule has 0 saturated carbocycles. The molecule has 0 radical (unpaired) electrons. The summed E-state index contributed by atoms with van der Waals surface area (Å²) in [7, 11) is 0. The van der Waals surface area contributed by atoms with E-state index in [9.17, 15) is 4.79 Å². The highest BCUT2D eigenvalue weighted by molar-refractivity contribution is 6.31. The summed E-state index contributed by atoms with van der Waals surface area (Å²) in [6, 6.07) is 7.63. The summed E-state index contributed by atoms with van der Waals surface area (Å²) < 4.78 is 0. The van der Waals surface area contributed by atoms with Gasteiger partial charge in [0.1, 0.15) is 5.88 Å². The Morgan fingerprint density at radius 2 is 2.00 bits per heavy atom. The van der Waals surface area contributed by atoms with Crippen molar-refractivity contribution in [2.45, 2.75) is 12.8 Å². The maximum atomic E-state index is 11.0. The van der Waals surface area contributed by atoms with Gasteiger partial charge in [0.25, 0.3) is 0 Å². The second kappa shape index (κ2) is 8.05. The van der Waals surface area contributed by atoms with Crippen molar-refractivity contribution < 1.29 is 4.79 Å². The number of hydrogen-bond acceptors (Lipinski definition) is 3. The van der Waals surface area contributed by atoms with Crippen LogP contribution >= 0.6 is 23.2 Å². The van der Waals surface area contributed by atoms with Crippen LogP contribution in [0, 0.1) is 0 Å². The van der Waals surface area contributed by atoms with Crippen molar-refractivity contribution in [2.75, 3.05) is 24.3 Å². The molecule has 0 aliphatic carbocycles. The van der Waals surface area contributed by atoms with Crippen molar-refractivity contribution in [3.8, 4) is 0 Å². The molecule has 2 aromatic rings. The average molecular weight is 326 g/mol. The van der Waals surface area contributed by atoms with Gasteiger partial charge in [-0.15, -0.1) is 11.6 Å². The number of fused-ring (bicyclic) bond motifs is 1. The van der Waals surface area contributed by atoms with Gasteiger partial charge in [-0.25, -0.2) is 0 Å².